The molecule has 1 nitrogen and oxygen atoms in total. The highest BCUT2D eigenvalue weighted by molar-refractivity contribution is 5.43. The van der Waals surface area contributed by atoms with Crippen LogP contribution in [0.3, 0.4) is 0 Å². The van der Waals surface area contributed by atoms with E-state index in [-0.39, 0.29) is 0 Å². The van der Waals surface area contributed by atoms with Crippen molar-refractivity contribution in [2.45, 2.75) is 25.3 Å². The van der Waals surface area contributed by atoms with Gasteiger partial charge < -0.3 is 5.32 Å². The normalized spacial score (nSPS) is 14.6. The number of para-hydroxylation sites is 1. The van der Waals surface area contributed by atoms with Gasteiger partial charge >= 0.3 is 0 Å². The fourth-order valence-corrected chi connectivity index (χ4v) is 2.08. The van der Waals surface area contributed by atoms with Crippen LogP contribution < -0.4 is 5.32 Å². The second-order valence-corrected chi connectivity index (χ2v) is 4.74. The van der Waals surface area contributed by atoms with Crippen molar-refractivity contribution in [2.75, 3.05) is 5.32 Å². The molecule has 0 atom stereocenters. The Morgan fingerprint density at radius 1 is 0.882 bits per heavy atom. The van der Waals surface area contributed by atoms with Crippen molar-refractivity contribution in [3.63, 3.8) is 0 Å². The van der Waals surface area contributed by atoms with E-state index in [1.165, 1.54) is 29.7 Å². The number of anilines is 1. The third kappa shape index (κ3) is 2.68. The molecule has 0 amide bonds. The van der Waals surface area contributed by atoms with E-state index in [1.807, 2.05) is 6.07 Å². The van der Waals surface area contributed by atoms with Gasteiger partial charge in [0, 0.05) is 12.2 Å². The number of nitrogens with one attached hydrogen (secondary N) is 1. The molecule has 1 fully saturated rings. The van der Waals surface area contributed by atoms with Crippen molar-refractivity contribution >= 4 is 5.69 Å². The van der Waals surface area contributed by atoms with Crippen LogP contribution in [0.2, 0.25) is 0 Å². The molecule has 17 heavy (non-hydrogen) atoms. The molecule has 0 unspecified atom stereocenters. The monoisotopic (exact) mass is 223 g/mol. The lowest BCUT2D eigenvalue weighted by Gasteiger charge is -2.07. The first-order valence-electron chi connectivity index (χ1n) is 6.29. The summed E-state index contributed by atoms with van der Waals surface area (Å²) in [6.45, 7) is 0.898. The van der Waals surface area contributed by atoms with Crippen LogP contribution in [0, 0.1) is 0 Å². The summed E-state index contributed by atoms with van der Waals surface area (Å²) in [6.07, 6.45) is 2.75. The predicted molar refractivity (Wildman–Crippen MR) is 72.2 cm³/mol. The number of benzene rings is 2. The van der Waals surface area contributed by atoms with E-state index in [4.69, 9.17) is 0 Å². The van der Waals surface area contributed by atoms with Crippen LogP contribution in [-0.2, 0) is 6.54 Å². The first-order chi connectivity index (χ1) is 8.42. The highest BCUT2D eigenvalue weighted by atomic mass is 14.9. The lowest BCUT2D eigenvalue weighted by molar-refractivity contribution is 1.10. The van der Waals surface area contributed by atoms with Crippen LogP contribution in [0.15, 0.2) is 54.6 Å². The molecule has 3 rings (SSSR count). The van der Waals surface area contributed by atoms with Crippen LogP contribution in [0.4, 0.5) is 5.69 Å². The van der Waals surface area contributed by atoms with Gasteiger partial charge in [-0.1, -0.05) is 42.5 Å². The van der Waals surface area contributed by atoms with E-state index in [0.717, 1.165) is 12.5 Å². The Bertz CT molecular complexity index is 469. The summed E-state index contributed by atoms with van der Waals surface area (Å²) in [7, 11) is 0. The molecule has 0 radical (unpaired) electrons. The summed E-state index contributed by atoms with van der Waals surface area (Å²) >= 11 is 0. The van der Waals surface area contributed by atoms with Gasteiger partial charge in [0.2, 0.25) is 0 Å². The Kier molecular flexibility index (Phi) is 2.83. The minimum atomic E-state index is 0.853. The van der Waals surface area contributed by atoms with Crippen molar-refractivity contribution in [3.05, 3.63) is 65.7 Å². The first-order valence-corrected chi connectivity index (χ1v) is 6.29. The molecule has 1 saturated carbocycles. The van der Waals surface area contributed by atoms with Crippen LogP contribution in [0.25, 0.3) is 0 Å². The van der Waals surface area contributed by atoms with E-state index in [9.17, 15) is 0 Å². The van der Waals surface area contributed by atoms with Gasteiger partial charge in [0.1, 0.15) is 0 Å². The fourth-order valence-electron chi connectivity index (χ4n) is 2.08. The van der Waals surface area contributed by atoms with E-state index in [0.29, 0.717) is 0 Å². The Labute approximate surface area is 102 Å². The molecule has 0 aliphatic heterocycles. The average Bonchev–Trinajstić information content (AvgIpc) is 3.23. The molecule has 1 heteroatoms. The Morgan fingerprint density at radius 3 is 2.24 bits per heavy atom. The minimum Gasteiger partial charge on any atom is -0.381 e. The maximum atomic E-state index is 3.43. The zero-order valence-corrected chi connectivity index (χ0v) is 9.89. The summed E-state index contributed by atoms with van der Waals surface area (Å²) < 4.78 is 0. The van der Waals surface area contributed by atoms with Crippen LogP contribution in [0.1, 0.15) is 29.9 Å². The van der Waals surface area contributed by atoms with E-state index in [1.54, 1.807) is 0 Å². The summed E-state index contributed by atoms with van der Waals surface area (Å²) in [5.41, 5.74) is 4.03. The maximum absolute atomic E-state index is 3.43. The van der Waals surface area contributed by atoms with E-state index < -0.39 is 0 Å². The summed E-state index contributed by atoms with van der Waals surface area (Å²) in [4.78, 5) is 0. The van der Waals surface area contributed by atoms with Crippen molar-refractivity contribution in [1.29, 1.82) is 0 Å². The van der Waals surface area contributed by atoms with Crippen LogP contribution in [0.5, 0.6) is 0 Å². The quantitative estimate of drug-likeness (QED) is 0.820. The summed E-state index contributed by atoms with van der Waals surface area (Å²) in [5, 5.41) is 3.43. The van der Waals surface area contributed by atoms with Crippen molar-refractivity contribution < 1.29 is 0 Å². The molecule has 0 bridgehead atoms. The zero-order chi connectivity index (χ0) is 11.5. The van der Waals surface area contributed by atoms with Crippen LogP contribution >= 0.6 is 0 Å². The van der Waals surface area contributed by atoms with Crippen molar-refractivity contribution in [1.82, 2.24) is 0 Å². The van der Waals surface area contributed by atoms with E-state index in [2.05, 4.69) is 53.8 Å². The molecular formula is C16H17N. The van der Waals surface area contributed by atoms with Crippen molar-refractivity contribution in [2.24, 2.45) is 0 Å². The SMILES string of the molecule is c1ccc(NCc2ccc(C3CC3)cc2)cc1. The zero-order valence-electron chi connectivity index (χ0n) is 9.89. The Balaban J connectivity index is 1.61. The highest BCUT2D eigenvalue weighted by Gasteiger charge is 2.22. The van der Waals surface area contributed by atoms with Crippen molar-refractivity contribution in [3.8, 4) is 0 Å². The topological polar surface area (TPSA) is 12.0 Å². The second-order valence-electron chi connectivity index (χ2n) is 4.74. The van der Waals surface area contributed by atoms with Gasteiger partial charge in [-0.25, -0.2) is 0 Å². The Hall–Kier alpha value is -1.76. The minimum absolute atomic E-state index is 0.853. The number of hydrogen-bond donors (Lipinski definition) is 1. The standard InChI is InChI=1S/C16H17N/c1-2-4-16(5-3-1)17-12-13-6-8-14(9-7-13)15-10-11-15/h1-9,15,17H,10-12H2. The first kappa shape index (κ1) is 10.4. The number of hydrogen-bond acceptors (Lipinski definition) is 1. The van der Waals surface area contributed by atoms with Gasteiger partial charge in [-0.05, 0) is 42.0 Å². The lowest BCUT2D eigenvalue weighted by Crippen LogP contribution is -1.98. The summed E-state index contributed by atoms with van der Waals surface area (Å²) in [5.74, 6) is 0.853. The molecule has 0 heterocycles. The Morgan fingerprint density at radius 2 is 1.59 bits per heavy atom. The molecular weight excluding hydrogens is 206 g/mol. The number of rotatable bonds is 4. The largest absolute Gasteiger partial charge is 0.381 e. The smallest absolute Gasteiger partial charge is 0.0400 e. The third-order valence-electron chi connectivity index (χ3n) is 3.30. The lowest BCUT2D eigenvalue weighted by atomic mass is 10.1. The summed E-state index contributed by atoms with van der Waals surface area (Å²) in [6, 6.07) is 19.4. The van der Waals surface area contributed by atoms with Gasteiger partial charge in [-0.3, -0.25) is 0 Å². The molecule has 2 aromatic carbocycles. The molecule has 0 saturated heterocycles. The van der Waals surface area contributed by atoms with Gasteiger partial charge in [0.05, 0.1) is 0 Å². The molecule has 2 aromatic rings. The third-order valence-corrected chi connectivity index (χ3v) is 3.30. The predicted octanol–water partition coefficient (Wildman–Crippen LogP) is 4.18. The van der Waals surface area contributed by atoms with Gasteiger partial charge in [-0.2, -0.15) is 0 Å². The van der Waals surface area contributed by atoms with E-state index >= 15 is 0 Å². The van der Waals surface area contributed by atoms with Gasteiger partial charge in [-0.15, -0.1) is 0 Å². The molecule has 1 N–H and O–H groups in total. The average molecular weight is 223 g/mol. The molecule has 0 spiro atoms. The maximum Gasteiger partial charge on any atom is 0.0400 e. The molecule has 0 aromatic heterocycles. The molecule has 1 aliphatic carbocycles. The van der Waals surface area contributed by atoms with Gasteiger partial charge in [0.25, 0.3) is 0 Å². The fraction of sp³-hybridized carbons (Fsp3) is 0.250. The van der Waals surface area contributed by atoms with Gasteiger partial charge in [0.15, 0.2) is 0 Å². The molecule has 86 valence electrons. The molecule has 1 aliphatic rings. The highest BCUT2D eigenvalue weighted by Crippen LogP contribution is 2.39. The second kappa shape index (κ2) is 4.62. The van der Waals surface area contributed by atoms with Crippen LogP contribution in [-0.4, -0.2) is 0 Å².